The fourth-order valence-electron chi connectivity index (χ4n) is 3.22. The van der Waals surface area contributed by atoms with E-state index in [1.54, 1.807) is 48.5 Å². The van der Waals surface area contributed by atoms with Crippen LogP contribution in [0, 0.1) is 6.92 Å². The van der Waals surface area contributed by atoms with Gasteiger partial charge in [-0.05, 0) is 61.0 Å². The van der Waals surface area contributed by atoms with Gasteiger partial charge in [-0.3, -0.25) is 19.7 Å². The van der Waals surface area contributed by atoms with Gasteiger partial charge >= 0.3 is 0 Å². The molecule has 3 N–H and O–H groups in total. The fraction of sp³-hybridized carbons (Fsp3) is 0.0741. The van der Waals surface area contributed by atoms with Gasteiger partial charge in [0, 0.05) is 20.6 Å². The Bertz CT molecular complexity index is 1490. The molecule has 0 fully saturated rings. The highest BCUT2D eigenvalue weighted by Gasteiger charge is 2.16. The summed E-state index contributed by atoms with van der Waals surface area (Å²) in [7, 11) is 0. The van der Waals surface area contributed by atoms with Gasteiger partial charge in [-0.2, -0.15) is 0 Å². The number of halogens is 1. The van der Waals surface area contributed by atoms with Crippen LogP contribution in [0.25, 0.3) is 6.08 Å². The molecule has 192 valence electrons. The first-order valence-electron chi connectivity index (χ1n) is 11.3. The van der Waals surface area contributed by atoms with Gasteiger partial charge in [-0.1, -0.05) is 63.7 Å². The monoisotopic (exact) mass is 607 g/mol. The highest BCUT2D eigenvalue weighted by atomic mass is 79.9. The average molecular weight is 609 g/mol. The van der Waals surface area contributed by atoms with Gasteiger partial charge in [0.05, 0.1) is 5.75 Å². The average Bonchev–Trinajstić information content (AvgIpc) is 3.32. The number of nitrogens with zero attached hydrogens (tertiary/aromatic N) is 2. The summed E-state index contributed by atoms with van der Waals surface area (Å²) in [5.74, 6) is -0.927. The van der Waals surface area contributed by atoms with Gasteiger partial charge in [-0.25, -0.2) is 0 Å². The van der Waals surface area contributed by atoms with Crippen molar-refractivity contribution in [3.05, 3.63) is 105 Å². The Hall–Kier alpha value is -3.80. The first-order valence-corrected chi connectivity index (χ1v) is 13.9. The van der Waals surface area contributed by atoms with Crippen molar-refractivity contribution in [2.24, 2.45) is 0 Å². The zero-order valence-corrected chi connectivity index (χ0v) is 23.3. The number of aryl methyl sites for hydroxylation is 1. The molecule has 4 rings (SSSR count). The second-order valence-corrected chi connectivity index (χ2v) is 11.0. The molecule has 0 spiro atoms. The number of hydrogen-bond acceptors (Lipinski definition) is 7. The highest BCUT2D eigenvalue weighted by molar-refractivity contribution is 9.10. The summed E-state index contributed by atoms with van der Waals surface area (Å²) in [4.78, 5) is 39.1. The molecule has 0 radical (unpaired) electrons. The minimum absolute atomic E-state index is 0.0849. The molecular weight excluding hydrogens is 586 g/mol. The molecule has 0 saturated carbocycles. The molecule has 0 saturated heterocycles. The van der Waals surface area contributed by atoms with Crippen molar-refractivity contribution < 1.29 is 14.4 Å². The van der Waals surface area contributed by atoms with E-state index in [0.717, 1.165) is 19.9 Å². The Morgan fingerprint density at radius 1 is 0.947 bits per heavy atom. The zero-order valence-electron chi connectivity index (χ0n) is 20.1. The summed E-state index contributed by atoms with van der Waals surface area (Å²) in [6, 6.07) is 23.2. The fourth-order valence-corrected chi connectivity index (χ4v) is 5.00. The predicted molar refractivity (Wildman–Crippen MR) is 155 cm³/mol. The summed E-state index contributed by atoms with van der Waals surface area (Å²) in [6.07, 6.45) is 1.61. The minimum atomic E-state index is -0.485. The van der Waals surface area contributed by atoms with Crippen LogP contribution in [0.2, 0.25) is 0 Å². The predicted octanol–water partition coefficient (Wildman–Crippen LogP) is 5.75. The maximum atomic E-state index is 13.3. The van der Waals surface area contributed by atoms with Crippen molar-refractivity contribution in [2.45, 2.75) is 11.8 Å². The number of hydrogen-bond donors (Lipinski definition) is 3. The van der Waals surface area contributed by atoms with E-state index in [1.807, 2.05) is 43.3 Å². The van der Waals surface area contributed by atoms with Gasteiger partial charge in [0.25, 0.3) is 11.8 Å². The molecule has 1 heterocycles. The zero-order chi connectivity index (χ0) is 26.9. The van der Waals surface area contributed by atoms with E-state index in [2.05, 4.69) is 42.1 Å². The number of benzene rings is 3. The summed E-state index contributed by atoms with van der Waals surface area (Å²) >= 11 is 6.05. The van der Waals surface area contributed by atoms with E-state index in [4.69, 9.17) is 0 Å². The largest absolute Gasteiger partial charge is 0.321 e. The van der Waals surface area contributed by atoms with E-state index in [-0.39, 0.29) is 17.4 Å². The minimum Gasteiger partial charge on any atom is -0.321 e. The maximum Gasteiger partial charge on any atom is 0.272 e. The number of rotatable bonds is 9. The van der Waals surface area contributed by atoms with Gasteiger partial charge in [0.1, 0.15) is 10.7 Å². The highest BCUT2D eigenvalue weighted by Crippen LogP contribution is 2.23. The third-order valence-electron chi connectivity index (χ3n) is 4.92. The lowest BCUT2D eigenvalue weighted by molar-refractivity contribution is -0.114. The summed E-state index contributed by atoms with van der Waals surface area (Å²) in [5.41, 5.74) is 1.77. The Kier molecular flexibility index (Phi) is 9.41. The van der Waals surface area contributed by atoms with Crippen LogP contribution in [-0.2, 0) is 9.59 Å². The van der Waals surface area contributed by atoms with Crippen LogP contribution in [0.15, 0.2) is 93.9 Å². The van der Waals surface area contributed by atoms with Crippen LogP contribution >= 0.6 is 39.0 Å². The molecule has 1 aromatic heterocycles. The Morgan fingerprint density at radius 3 is 2.47 bits per heavy atom. The Labute approximate surface area is 236 Å². The Morgan fingerprint density at radius 2 is 1.74 bits per heavy atom. The van der Waals surface area contributed by atoms with Gasteiger partial charge in [-0.15, -0.1) is 22.0 Å². The van der Waals surface area contributed by atoms with E-state index < -0.39 is 11.8 Å². The smallest absolute Gasteiger partial charge is 0.272 e. The quantitative estimate of drug-likeness (QED) is 0.165. The van der Waals surface area contributed by atoms with Crippen LogP contribution in [0.1, 0.15) is 20.9 Å². The van der Waals surface area contributed by atoms with E-state index in [0.29, 0.717) is 16.4 Å². The number of amides is 3. The van der Waals surface area contributed by atoms with E-state index in [1.165, 1.54) is 23.1 Å². The first-order chi connectivity index (χ1) is 18.4. The molecule has 0 unspecified atom stereocenters. The topological polar surface area (TPSA) is 113 Å². The lowest BCUT2D eigenvalue weighted by Gasteiger charge is -2.12. The molecule has 0 aliphatic heterocycles. The van der Waals surface area contributed by atoms with Gasteiger partial charge in [0.15, 0.2) is 0 Å². The number of carbonyl (C=O) groups is 3. The first kappa shape index (κ1) is 27.2. The third kappa shape index (κ3) is 8.10. The molecule has 0 aliphatic carbocycles. The molecule has 8 nitrogen and oxygen atoms in total. The number of carbonyl (C=O) groups excluding carboxylic acids is 3. The van der Waals surface area contributed by atoms with Crippen LogP contribution in [0.3, 0.4) is 0 Å². The lowest BCUT2D eigenvalue weighted by atomic mass is 10.1. The van der Waals surface area contributed by atoms with Crippen molar-refractivity contribution in [1.29, 1.82) is 0 Å². The standard InChI is InChI=1S/C27H22BrN5O3S2/c1-17-32-33-27(38-17)31-24(34)16-37-22-12-6-11-21(15-22)29-26(36)23(14-18-7-5-10-20(28)13-18)30-25(35)19-8-3-2-4-9-19/h2-15H,16H2,1H3,(H,29,36)(H,30,35)(H,31,33,34)/b23-14+. The second-order valence-electron chi connectivity index (χ2n) is 7.88. The van der Waals surface area contributed by atoms with Crippen molar-refractivity contribution in [3.63, 3.8) is 0 Å². The number of thioether (sulfide) groups is 1. The molecule has 0 aliphatic rings. The van der Waals surface area contributed by atoms with Crippen LogP contribution in [0.5, 0.6) is 0 Å². The number of nitrogens with one attached hydrogen (secondary N) is 3. The SMILES string of the molecule is Cc1nnc(NC(=O)CSc2cccc(NC(=O)/C(=C\c3cccc(Br)c3)NC(=O)c3ccccc3)c2)s1. The van der Waals surface area contributed by atoms with E-state index >= 15 is 0 Å². The molecule has 3 aromatic carbocycles. The van der Waals surface area contributed by atoms with Crippen molar-refractivity contribution in [2.75, 3.05) is 16.4 Å². The van der Waals surface area contributed by atoms with Gasteiger partial charge in [0.2, 0.25) is 11.0 Å². The normalized spacial score (nSPS) is 11.1. The number of aromatic nitrogens is 2. The van der Waals surface area contributed by atoms with Crippen molar-refractivity contribution >= 4 is 73.6 Å². The molecule has 11 heteroatoms. The molecule has 0 atom stereocenters. The van der Waals surface area contributed by atoms with Crippen LogP contribution < -0.4 is 16.0 Å². The van der Waals surface area contributed by atoms with Crippen LogP contribution in [-0.4, -0.2) is 33.7 Å². The maximum absolute atomic E-state index is 13.3. The molecule has 4 aromatic rings. The molecule has 3 amide bonds. The van der Waals surface area contributed by atoms with Crippen molar-refractivity contribution in [1.82, 2.24) is 15.5 Å². The van der Waals surface area contributed by atoms with Crippen molar-refractivity contribution in [3.8, 4) is 0 Å². The molecule has 0 bridgehead atoms. The third-order valence-corrected chi connectivity index (χ3v) is 7.16. The molecular formula is C27H22BrN5O3S2. The second kappa shape index (κ2) is 13.1. The summed E-state index contributed by atoms with van der Waals surface area (Å²) in [5, 5.41) is 17.3. The van der Waals surface area contributed by atoms with Crippen LogP contribution in [0.4, 0.5) is 10.8 Å². The molecule has 38 heavy (non-hydrogen) atoms. The Balaban J connectivity index is 1.45. The summed E-state index contributed by atoms with van der Waals surface area (Å²) in [6.45, 7) is 1.81. The van der Waals surface area contributed by atoms with E-state index in [9.17, 15) is 14.4 Å². The number of anilines is 2. The van der Waals surface area contributed by atoms with Gasteiger partial charge < -0.3 is 10.6 Å². The lowest BCUT2D eigenvalue weighted by Crippen LogP contribution is -2.30. The summed E-state index contributed by atoms with van der Waals surface area (Å²) < 4.78 is 0.843.